The summed E-state index contributed by atoms with van der Waals surface area (Å²) in [5, 5.41) is 14.3. The molecule has 0 atom stereocenters. The van der Waals surface area contributed by atoms with Crippen molar-refractivity contribution in [1.29, 1.82) is 5.41 Å². The standard InChI is InChI=1S/C16H22N4O/c1-13(19-18-12-17)14-6-7-15(16(10-14)21-2)11-20-8-4-3-5-9-20/h6-7,10,12,17H,1,3-5,8-9,11H2,2H3. The van der Waals surface area contributed by atoms with Gasteiger partial charge in [-0.25, -0.2) is 0 Å². The van der Waals surface area contributed by atoms with Gasteiger partial charge < -0.3 is 4.74 Å². The van der Waals surface area contributed by atoms with Crippen LogP contribution in [0, 0.1) is 5.41 Å². The zero-order chi connectivity index (χ0) is 15.1. The highest BCUT2D eigenvalue weighted by atomic mass is 16.5. The summed E-state index contributed by atoms with van der Waals surface area (Å²) < 4.78 is 5.50. The van der Waals surface area contributed by atoms with Crippen molar-refractivity contribution in [3.05, 3.63) is 35.9 Å². The Balaban J connectivity index is 2.13. The van der Waals surface area contributed by atoms with Crippen molar-refractivity contribution in [2.45, 2.75) is 25.8 Å². The monoisotopic (exact) mass is 286 g/mol. The lowest BCUT2D eigenvalue weighted by atomic mass is 10.1. The van der Waals surface area contributed by atoms with E-state index in [0.717, 1.165) is 37.3 Å². The number of nitrogens with zero attached hydrogens (tertiary/aromatic N) is 3. The minimum atomic E-state index is 0.529. The quantitative estimate of drug-likeness (QED) is 0.492. The zero-order valence-electron chi connectivity index (χ0n) is 12.5. The summed E-state index contributed by atoms with van der Waals surface area (Å²) in [6.07, 6.45) is 4.79. The molecule has 1 fully saturated rings. The molecule has 0 saturated carbocycles. The van der Waals surface area contributed by atoms with Gasteiger partial charge in [0, 0.05) is 17.7 Å². The maximum Gasteiger partial charge on any atom is 0.129 e. The van der Waals surface area contributed by atoms with E-state index < -0.39 is 0 Å². The summed E-state index contributed by atoms with van der Waals surface area (Å²) in [4.78, 5) is 2.46. The van der Waals surface area contributed by atoms with E-state index in [0.29, 0.717) is 5.70 Å². The van der Waals surface area contributed by atoms with Crippen molar-refractivity contribution in [2.75, 3.05) is 20.2 Å². The maximum absolute atomic E-state index is 6.86. The molecule has 112 valence electrons. The summed E-state index contributed by atoms with van der Waals surface area (Å²) in [6.45, 7) is 7.08. The van der Waals surface area contributed by atoms with Gasteiger partial charge in [0.2, 0.25) is 0 Å². The van der Waals surface area contributed by atoms with E-state index in [-0.39, 0.29) is 0 Å². The van der Waals surface area contributed by atoms with Crippen LogP contribution in [0.15, 0.2) is 35.0 Å². The van der Waals surface area contributed by atoms with E-state index in [9.17, 15) is 0 Å². The van der Waals surface area contributed by atoms with Crippen LogP contribution in [0.25, 0.3) is 5.70 Å². The van der Waals surface area contributed by atoms with Crippen LogP contribution >= 0.6 is 0 Å². The van der Waals surface area contributed by atoms with Gasteiger partial charge in [0.15, 0.2) is 0 Å². The van der Waals surface area contributed by atoms with Crippen LogP contribution in [-0.4, -0.2) is 31.4 Å². The largest absolute Gasteiger partial charge is 0.496 e. The van der Waals surface area contributed by atoms with Gasteiger partial charge in [-0.2, -0.15) is 0 Å². The minimum Gasteiger partial charge on any atom is -0.496 e. The number of hydrogen-bond donors (Lipinski definition) is 1. The third-order valence-corrected chi connectivity index (χ3v) is 3.70. The normalized spacial score (nSPS) is 16.0. The second-order valence-electron chi connectivity index (χ2n) is 5.15. The molecule has 0 aromatic heterocycles. The second kappa shape index (κ2) is 7.69. The highest BCUT2D eigenvalue weighted by Gasteiger charge is 2.13. The van der Waals surface area contributed by atoms with Gasteiger partial charge >= 0.3 is 0 Å². The fourth-order valence-corrected chi connectivity index (χ4v) is 2.57. The van der Waals surface area contributed by atoms with Crippen LogP contribution in [0.1, 0.15) is 30.4 Å². The van der Waals surface area contributed by atoms with Crippen LogP contribution < -0.4 is 4.74 Å². The summed E-state index contributed by atoms with van der Waals surface area (Å²) >= 11 is 0. The molecule has 1 aliphatic heterocycles. The molecule has 1 aromatic carbocycles. The van der Waals surface area contributed by atoms with Gasteiger partial charge in [-0.15, -0.1) is 10.2 Å². The average Bonchev–Trinajstić information content (AvgIpc) is 2.54. The molecule has 1 heterocycles. The third kappa shape index (κ3) is 4.23. The van der Waals surface area contributed by atoms with Crippen molar-refractivity contribution in [1.82, 2.24) is 4.90 Å². The van der Waals surface area contributed by atoms with Gasteiger partial charge in [0.25, 0.3) is 0 Å². The van der Waals surface area contributed by atoms with Crippen LogP contribution in [0.3, 0.4) is 0 Å². The molecule has 0 spiro atoms. The molecule has 1 aliphatic rings. The van der Waals surface area contributed by atoms with Crippen LogP contribution in [0.4, 0.5) is 0 Å². The van der Waals surface area contributed by atoms with Crippen molar-refractivity contribution in [3.63, 3.8) is 0 Å². The Morgan fingerprint density at radius 3 is 2.81 bits per heavy atom. The average molecular weight is 286 g/mol. The van der Waals surface area contributed by atoms with Gasteiger partial charge in [-0.3, -0.25) is 10.3 Å². The summed E-state index contributed by atoms with van der Waals surface area (Å²) in [5.74, 6) is 0.851. The first-order valence-electron chi connectivity index (χ1n) is 7.23. The van der Waals surface area contributed by atoms with Crippen molar-refractivity contribution >= 4 is 12.0 Å². The van der Waals surface area contributed by atoms with Crippen LogP contribution in [0.5, 0.6) is 5.75 Å². The second-order valence-corrected chi connectivity index (χ2v) is 5.15. The Morgan fingerprint density at radius 2 is 2.14 bits per heavy atom. The molecule has 1 saturated heterocycles. The molecule has 5 nitrogen and oxygen atoms in total. The number of likely N-dealkylation sites (tertiary alicyclic amines) is 1. The number of nitrogens with one attached hydrogen (secondary N) is 1. The SMILES string of the molecule is C=C(N=NC=N)c1ccc(CN2CCCCC2)c(OC)c1. The van der Waals surface area contributed by atoms with Crippen LogP contribution in [0.2, 0.25) is 0 Å². The molecule has 0 aliphatic carbocycles. The summed E-state index contributed by atoms with van der Waals surface area (Å²) in [6, 6.07) is 5.98. The maximum atomic E-state index is 6.86. The van der Waals surface area contributed by atoms with E-state index >= 15 is 0 Å². The molecule has 1 aromatic rings. The van der Waals surface area contributed by atoms with Gasteiger partial charge in [0.05, 0.1) is 12.8 Å². The minimum absolute atomic E-state index is 0.529. The molecular formula is C16H22N4O. The summed E-state index contributed by atoms with van der Waals surface area (Å²) in [5.41, 5.74) is 2.57. The first kappa shape index (κ1) is 15.4. The fraction of sp³-hybridized carbons (Fsp3) is 0.438. The number of benzene rings is 1. The summed E-state index contributed by atoms with van der Waals surface area (Å²) in [7, 11) is 1.68. The predicted octanol–water partition coefficient (Wildman–Crippen LogP) is 3.71. The first-order chi connectivity index (χ1) is 10.2. The van der Waals surface area contributed by atoms with E-state index in [1.807, 2.05) is 12.1 Å². The van der Waals surface area contributed by atoms with E-state index in [4.69, 9.17) is 10.1 Å². The van der Waals surface area contributed by atoms with Gasteiger partial charge in [0.1, 0.15) is 12.1 Å². The molecule has 0 amide bonds. The molecule has 5 heteroatoms. The molecule has 0 bridgehead atoms. The number of hydrogen-bond acceptors (Lipinski definition) is 4. The number of methoxy groups -OCH3 is 1. The van der Waals surface area contributed by atoms with E-state index in [1.165, 1.54) is 24.8 Å². The molecule has 0 radical (unpaired) electrons. The molecule has 21 heavy (non-hydrogen) atoms. The van der Waals surface area contributed by atoms with E-state index in [2.05, 4.69) is 27.8 Å². The van der Waals surface area contributed by atoms with E-state index in [1.54, 1.807) is 7.11 Å². The lowest BCUT2D eigenvalue weighted by Crippen LogP contribution is -2.29. The van der Waals surface area contributed by atoms with Crippen LogP contribution in [-0.2, 0) is 6.54 Å². The molecular weight excluding hydrogens is 264 g/mol. The first-order valence-corrected chi connectivity index (χ1v) is 7.23. The number of ether oxygens (including phenoxy) is 1. The highest BCUT2D eigenvalue weighted by molar-refractivity contribution is 5.65. The van der Waals surface area contributed by atoms with Gasteiger partial charge in [-0.1, -0.05) is 25.1 Å². The van der Waals surface area contributed by atoms with Crippen molar-refractivity contribution < 1.29 is 4.74 Å². The lowest BCUT2D eigenvalue weighted by Gasteiger charge is -2.27. The zero-order valence-corrected chi connectivity index (χ0v) is 12.5. The molecule has 2 rings (SSSR count). The number of rotatable bonds is 6. The number of piperidine rings is 1. The third-order valence-electron chi connectivity index (χ3n) is 3.70. The lowest BCUT2D eigenvalue weighted by molar-refractivity contribution is 0.218. The topological polar surface area (TPSA) is 61.0 Å². The molecule has 0 unspecified atom stereocenters. The Labute approximate surface area is 125 Å². The highest BCUT2D eigenvalue weighted by Crippen LogP contribution is 2.26. The van der Waals surface area contributed by atoms with Gasteiger partial charge in [-0.05, 0) is 32.0 Å². The Morgan fingerprint density at radius 1 is 1.38 bits per heavy atom. The molecule has 1 N–H and O–H groups in total. The Kier molecular flexibility index (Phi) is 5.63. The predicted molar refractivity (Wildman–Crippen MR) is 84.8 cm³/mol. The van der Waals surface area contributed by atoms with Crippen molar-refractivity contribution in [3.8, 4) is 5.75 Å². The fourth-order valence-electron chi connectivity index (χ4n) is 2.57. The Bertz CT molecular complexity index is 533. The number of azo groups is 1. The van der Waals surface area contributed by atoms with Crippen molar-refractivity contribution in [2.24, 2.45) is 10.2 Å². The smallest absolute Gasteiger partial charge is 0.129 e. The Hall–Kier alpha value is -2.01.